The van der Waals surface area contributed by atoms with Crippen LogP contribution in [-0.4, -0.2) is 4.98 Å². The number of nitrogen functional groups attached to an aromatic ring is 1. The molecule has 0 spiro atoms. The van der Waals surface area contributed by atoms with Crippen LogP contribution < -0.4 is 11.1 Å². The molecule has 1 aromatic heterocycles. The summed E-state index contributed by atoms with van der Waals surface area (Å²) in [5, 5.41) is 5.65. The summed E-state index contributed by atoms with van der Waals surface area (Å²) in [6.45, 7) is 0. The van der Waals surface area contributed by atoms with Crippen LogP contribution in [-0.2, 0) is 0 Å². The molecule has 0 bridgehead atoms. The third kappa shape index (κ3) is 1.98. The van der Waals surface area contributed by atoms with Gasteiger partial charge in [0.05, 0.1) is 0 Å². The predicted molar refractivity (Wildman–Crippen MR) is 75.9 cm³/mol. The lowest BCUT2D eigenvalue weighted by Crippen LogP contribution is -1.93. The van der Waals surface area contributed by atoms with E-state index in [0.29, 0.717) is 0 Å². The van der Waals surface area contributed by atoms with Gasteiger partial charge in [0.15, 0.2) is 0 Å². The Morgan fingerprint density at radius 2 is 1.89 bits per heavy atom. The van der Waals surface area contributed by atoms with Crippen LogP contribution in [0.5, 0.6) is 0 Å². The fraction of sp³-hybridized carbons (Fsp3) is 0. The van der Waals surface area contributed by atoms with Gasteiger partial charge in [-0.05, 0) is 30.3 Å². The summed E-state index contributed by atoms with van der Waals surface area (Å²) in [6.07, 6.45) is 3.66. The van der Waals surface area contributed by atoms with Gasteiger partial charge in [0.2, 0.25) is 0 Å². The second-order valence-corrected chi connectivity index (χ2v) is 4.15. The lowest BCUT2D eigenvalue weighted by molar-refractivity contribution is 1.36. The van der Waals surface area contributed by atoms with Gasteiger partial charge < -0.3 is 11.1 Å². The fourth-order valence-electron chi connectivity index (χ4n) is 2.00. The van der Waals surface area contributed by atoms with Gasteiger partial charge in [0.25, 0.3) is 0 Å². The molecule has 0 fully saturated rings. The molecule has 0 amide bonds. The fourth-order valence-corrected chi connectivity index (χ4v) is 2.00. The van der Waals surface area contributed by atoms with Crippen LogP contribution in [0.2, 0.25) is 0 Å². The Morgan fingerprint density at radius 3 is 2.78 bits per heavy atom. The molecule has 0 aliphatic heterocycles. The summed E-state index contributed by atoms with van der Waals surface area (Å²) >= 11 is 0. The normalized spacial score (nSPS) is 10.4. The molecule has 18 heavy (non-hydrogen) atoms. The molecule has 2 aromatic carbocycles. The number of benzene rings is 2. The molecule has 0 radical (unpaired) electrons. The van der Waals surface area contributed by atoms with Gasteiger partial charge >= 0.3 is 0 Å². The zero-order chi connectivity index (χ0) is 12.4. The molecule has 3 rings (SSSR count). The predicted octanol–water partition coefficient (Wildman–Crippen LogP) is 3.56. The third-order valence-corrected chi connectivity index (χ3v) is 2.85. The van der Waals surface area contributed by atoms with Crippen molar-refractivity contribution in [2.75, 3.05) is 11.1 Å². The smallest absolute Gasteiger partial charge is 0.0465 e. The Balaban J connectivity index is 2.05. The van der Waals surface area contributed by atoms with Crippen LogP contribution in [0.25, 0.3) is 10.8 Å². The van der Waals surface area contributed by atoms with Gasteiger partial charge in [0.1, 0.15) is 0 Å². The van der Waals surface area contributed by atoms with Crippen molar-refractivity contribution in [3.05, 3.63) is 60.9 Å². The van der Waals surface area contributed by atoms with Crippen molar-refractivity contribution in [1.82, 2.24) is 4.98 Å². The second kappa shape index (κ2) is 4.37. The van der Waals surface area contributed by atoms with Crippen molar-refractivity contribution in [3.63, 3.8) is 0 Å². The minimum Gasteiger partial charge on any atom is -0.399 e. The van der Waals surface area contributed by atoms with E-state index in [1.807, 2.05) is 54.7 Å². The van der Waals surface area contributed by atoms with Crippen LogP contribution in [0.3, 0.4) is 0 Å². The molecule has 0 unspecified atom stereocenters. The Bertz CT molecular complexity index is 687. The number of fused-ring (bicyclic) bond motifs is 1. The van der Waals surface area contributed by atoms with Gasteiger partial charge in [0, 0.05) is 40.2 Å². The van der Waals surface area contributed by atoms with Crippen molar-refractivity contribution >= 4 is 27.8 Å². The first-order valence-corrected chi connectivity index (χ1v) is 5.78. The Labute approximate surface area is 105 Å². The van der Waals surface area contributed by atoms with Crippen LogP contribution in [0.4, 0.5) is 17.1 Å². The first-order valence-electron chi connectivity index (χ1n) is 5.78. The summed E-state index contributed by atoms with van der Waals surface area (Å²) in [7, 11) is 0. The van der Waals surface area contributed by atoms with Gasteiger partial charge in [-0.15, -0.1) is 0 Å². The van der Waals surface area contributed by atoms with Crippen LogP contribution in [0, 0.1) is 0 Å². The quantitative estimate of drug-likeness (QED) is 0.668. The molecule has 0 saturated heterocycles. The number of anilines is 3. The lowest BCUT2D eigenvalue weighted by atomic mass is 10.1. The minimum absolute atomic E-state index is 0.752. The number of aromatic nitrogens is 1. The molecule has 0 aliphatic carbocycles. The maximum atomic E-state index is 5.77. The average molecular weight is 235 g/mol. The molecule has 0 saturated carbocycles. The molecule has 0 atom stereocenters. The van der Waals surface area contributed by atoms with E-state index < -0.39 is 0 Å². The van der Waals surface area contributed by atoms with Gasteiger partial charge in [-0.25, -0.2) is 0 Å². The zero-order valence-corrected chi connectivity index (χ0v) is 9.80. The molecular weight excluding hydrogens is 222 g/mol. The number of nitrogens with two attached hydrogens (primary N) is 1. The van der Waals surface area contributed by atoms with Crippen molar-refractivity contribution < 1.29 is 0 Å². The van der Waals surface area contributed by atoms with E-state index >= 15 is 0 Å². The number of hydrogen-bond donors (Lipinski definition) is 2. The van der Waals surface area contributed by atoms with E-state index in [9.17, 15) is 0 Å². The van der Waals surface area contributed by atoms with E-state index in [-0.39, 0.29) is 0 Å². The van der Waals surface area contributed by atoms with E-state index in [2.05, 4.69) is 10.3 Å². The molecule has 3 heteroatoms. The minimum atomic E-state index is 0.752. The molecular formula is C15H13N3. The first-order chi connectivity index (χ1) is 8.83. The highest BCUT2D eigenvalue weighted by Crippen LogP contribution is 2.26. The molecule has 88 valence electrons. The molecule has 3 aromatic rings. The van der Waals surface area contributed by atoms with Gasteiger partial charge in [-0.2, -0.15) is 0 Å². The number of nitrogens with one attached hydrogen (secondary N) is 1. The lowest BCUT2D eigenvalue weighted by Gasteiger charge is -2.10. The zero-order valence-electron chi connectivity index (χ0n) is 9.80. The second-order valence-electron chi connectivity index (χ2n) is 4.15. The number of hydrogen-bond acceptors (Lipinski definition) is 3. The summed E-state index contributed by atoms with van der Waals surface area (Å²) in [6, 6.07) is 15.8. The van der Waals surface area contributed by atoms with E-state index in [0.717, 1.165) is 27.8 Å². The molecule has 1 heterocycles. The summed E-state index contributed by atoms with van der Waals surface area (Å²) in [5.74, 6) is 0. The first kappa shape index (κ1) is 10.6. The summed E-state index contributed by atoms with van der Waals surface area (Å²) in [5.41, 5.74) is 8.57. The number of pyridine rings is 1. The van der Waals surface area contributed by atoms with E-state index in [1.165, 1.54) is 0 Å². The topological polar surface area (TPSA) is 50.9 Å². The number of nitrogens with zero attached hydrogens (tertiary/aromatic N) is 1. The average Bonchev–Trinajstić information content (AvgIpc) is 2.39. The Kier molecular flexibility index (Phi) is 2.57. The van der Waals surface area contributed by atoms with Crippen LogP contribution >= 0.6 is 0 Å². The molecule has 3 N–H and O–H groups in total. The maximum Gasteiger partial charge on any atom is 0.0465 e. The molecule has 0 aliphatic rings. The highest BCUT2D eigenvalue weighted by molar-refractivity contribution is 5.94. The Hall–Kier alpha value is -2.55. The van der Waals surface area contributed by atoms with Gasteiger partial charge in [-0.1, -0.05) is 18.2 Å². The highest BCUT2D eigenvalue weighted by atomic mass is 14.9. The van der Waals surface area contributed by atoms with Crippen molar-refractivity contribution in [1.29, 1.82) is 0 Å². The highest BCUT2D eigenvalue weighted by Gasteiger charge is 2.00. The summed E-state index contributed by atoms with van der Waals surface area (Å²) in [4.78, 5) is 4.13. The van der Waals surface area contributed by atoms with E-state index in [1.54, 1.807) is 6.20 Å². The van der Waals surface area contributed by atoms with Crippen LogP contribution in [0.15, 0.2) is 60.9 Å². The Morgan fingerprint density at radius 1 is 1.00 bits per heavy atom. The van der Waals surface area contributed by atoms with Crippen molar-refractivity contribution in [2.24, 2.45) is 0 Å². The van der Waals surface area contributed by atoms with E-state index in [4.69, 9.17) is 5.73 Å². The molecule has 3 nitrogen and oxygen atoms in total. The maximum absolute atomic E-state index is 5.77. The largest absolute Gasteiger partial charge is 0.399 e. The monoisotopic (exact) mass is 235 g/mol. The number of rotatable bonds is 2. The third-order valence-electron chi connectivity index (χ3n) is 2.85. The van der Waals surface area contributed by atoms with Crippen molar-refractivity contribution in [3.8, 4) is 0 Å². The standard InChI is InChI=1S/C15H13N3/c16-12-4-2-5-13(9-12)18-15-6-1-3-11-10-17-8-7-14(11)15/h1-10,18H,16H2. The van der Waals surface area contributed by atoms with Crippen molar-refractivity contribution in [2.45, 2.75) is 0 Å². The summed E-state index contributed by atoms with van der Waals surface area (Å²) < 4.78 is 0. The van der Waals surface area contributed by atoms with Gasteiger partial charge in [-0.3, -0.25) is 4.98 Å². The SMILES string of the molecule is Nc1cccc(Nc2cccc3cnccc23)c1. The van der Waals surface area contributed by atoms with Crippen LogP contribution in [0.1, 0.15) is 0 Å².